The number of aromatic amines is 1. The van der Waals surface area contributed by atoms with Crippen molar-refractivity contribution in [1.29, 1.82) is 0 Å². The van der Waals surface area contributed by atoms with Crippen molar-refractivity contribution in [2.24, 2.45) is 0 Å². The number of nitrogens with one attached hydrogen (secondary N) is 2. The lowest BCUT2D eigenvalue weighted by Crippen LogP contribution is -2.60. The predicted octanol–water partition coefficient (Wildman–Crippen LogP) is 0.847. The molecule has 3 N–H and O–H groups in total. The fourth-order valence-corrected chi connectivity index (χ4v) is 3.11. The van der Waals surface area contributed by atoms with Gasteiger partial charge in [-0.1, -0.05) is 0 Å². The highest BCUT2D eigenvalue weighted by molar-refractivity contribution is 5.47. The van der Waals surface area contributed by atoms with Crippen LogP contribution in [0, 0.1) is 5.82 Å². The van der Waals surface area contributed by atoms with E-state index in [0.717, 1.165) is 0 Å². The smallest absolute Gasteiger partial charge is 0.264 e. The van der Waals surface area contributed by atoms with Crippen molar-refractivity contribution in [2.75, 3.05) is 32.8 Å². The minimum Gasteiger partial charge on any atom is -0.479 e. The van der Waals surface area contributed by atoms with Gasteiger partial charge in [-0.15, -0.1) is 0 Å². The molecule has 0 fully saturated rings. The van der Waals surface area contributed by atoms with Gasteiger partial charge in [0.05, 0.1) is 19.3 Å². The molecule has 0 unspecified atom stereocenters. The second-order valence-electron chi connectivity index (χ2n) is 6.09. The first kappa shape index (κ1) is 18.3. The molecule has 0 saturated carbocycles. The average molecular weight is 365 g/mol. The first-order chi connectivity index (χ1) is 12.5. The standard InChI is InChI=1S/C17H20FN3O5/c1-24-8-17(9-25-2)16(23)15(19-13-5-6-14(22)21-20-13)11-7-10(18)3-4-12(11)26-17/h3-7,15-16,23H,8-9H2,1-2H3,(H,19,20)(H,21,22)/t15-,16+/m1/s1. The normalized spacial score (nSPS) is 20.9. The highest BCUT2D eigenvalue weighted by Gasteiger charge is 2.50. The molecule has 8 nitrogen and oxygen atoms in total. The van der Waals surface area contributed by atoms with E-state index >= 15 is 0 Å². The van der Waals surface area contributed by atoms with Crippen molar-refractivity contribution in [1.82, 2.24) is 10.2 Å². The van der Waals surface area contributed by atoms with E-state index in [1.54, 1.807) is 0 Å². The summed E-state index contributed by atoms with van der Waals surface area (Å²) in [7, 11) is 2.97. The SMILES string of the molecule is COCC1(COC)Oc2ccc(F)cc2[C@@H](Nc2ccc(=O)[nH]n2)[C@@H]1O. The molecular weight excluding hydrogens is 345 g/mol. The summed E-state index contributed by atoms with van der Waals surface area (Å²) in [6, 6.07) is 6.05. The molecule has 0 spiro atoms. The maximum Gasteiger partial charge on any atom is 0.264 e. The van der Waals surface area contributed by atoms with Crippen molar-refractivity contribution < 1.29 is 23.7 Å². The molecule has 140 valence electrons. The Morgan fingerprint density at radius 2 is 2.04 bits per heavy atom. The molecule has 2 atom stereocenters. The number of ether oxygens (including phenoxy) is 3. The van der Waals surface area contributed by atoms with E-state index in [2.05, 4.69) is 15.5 Å². The van der Waals surface area contributed by atoms with E-state index in [4.69, 9.17) is 14.2 Å². The Morgan fingerprint density at radius 3 is 2.65 bits per heavy atom. The van der Waals surface area contributed by atoms with Gasteiger partial charge in [0.2, 0.25) is 0 Å². The Balaban J connectivity index is 2.05. The second kappa shape index (κ2) is 7.40. The number of fused-ring (bicyclic) bond motifs is 1. The average Bonchev–Trinajstić information content (AvgIpc) is 2.62. The summed E-state index contributed by atoms with van der Waals surface area (Å²) >= 11 is 0. The molecule has 0 amide bonds. The van der Waals surface area contributed by atoms with Crippen molar-refractivity contribution >= 4 is 5.82 Å². The summed E-state index contributed by atoms with van der Waals surface area (Å²) in [6.07, 6.45) is -1.15. The fraction of sp³-hybridized carbons (Fsp3) is 0.412. The number of benzene rings is 1. The van der Waals surface area contributed by atoms with Crippen LogP contribution in [0.3, 0.4) is 0 Å². The van der Waals surface area contributed by atoms with Crippen molar-refractivity contribution in [3.05, 3.63) is 52.1 Å². The van der Waals surface area contributed by atoms with Gasteiger partial charge in [-0.3, -0.25) is 4.79 Å². The molecule has 1 aromatic heterocycles. The van der Waals surface area contributed by atoms with E-state index in [1.807, 2.05) is 0 Å². The molecule has 26 heavy (non-hydrogen) atoms. The topological polar surface area (TPSA) is 106 Å². The lowest BCUT2D eigenvalue weighted by Gasteiger charge is -2.45. The number of hydrogen-bond donors (Lipinski definition) is 3. The third-order valence-electron chi connectivity index (χ3n) is 4.23. The number of anilines is 1. The third kappa shape index (κ3) is 3.41. The van der Waals surface area contributed by atoms with Crippen LogP contribution in [0.2, 0.25) is 0 Å². The van der Waals surface area contributed by atoms with Gasteiger partial charge < -0.3 is 24.6 Å². The Hall–Kier alpha value is -2.49. The predicted molar refractivity (Wildman–Crippen MR) is 90.7 cm³/mol. The Bertz CT molecular complexity index is 802. The van der Waals surface area contributed by atoms with Gasteiger partial charge >= 0.3 is 0 Å². The number of methoxy groups -OCH3 is 2. The van der Waals surface area contributed by atoms with Gasteiger partial charge in [0.15, 0.2) is 5.60 Å². The van der Waals surface area contributed by atoms with Crippen molar-refractivity contribution in [2.45, 2.75) is 17.7 Å². The monoisotopic (exact) mass is 365 g/mol. The molecule has 1 aromatic carbocycles. The highest BCUT2D eigenvalue weighted by Crippen LogP contribution is 2.42. The summed E-state index contributed by atoms with van der Waals surface area (Å²) in [4.78, 5) is 11.2. The van der Waals surface area contributed by atoms with Crippen LogP contribution >= 0.6 is 0 Å². The number of rotatable bonds is 6. The number of aromatic nitrogens is 2. The zero-order chi connectivity index (χ0) is 18.7. The van der Waals surface area contributed by atoms with Crippen LogP contribution < -0.4 is 15.6 Å². The Kier molecular flexibility index (Phi) is 5.21. The zero-order valence-electron chi connectivity index (χ0n) is 14.4. The van der Waals surface area contributed by atoms with Crippen LogP contribution in [0.4, 0.5) is 10.2 Å². The second-order valence-corrected chi connectivity index (χ2v) is 6.09. The maximum atomic E-state index is 13.8. The van der Waals surface area contributed by atoms with Crippen LogP contribution in [-0.4, -0.2) is 54.4 Å². The van der Waals surface area contributed by atoms with Crippen LogP contribution in [0.25, 0.3) is 0 Å². The molecule has 0 aliphatic carbocycles. The number of hydrogen-bond acceptors (Lipinski definition) is 7. The summed E-state index contributed by atoms with van der Waals surface area (Å²) in [5.74, 6) is 0.244. The Morgan fingerprint density at radius 1 is 1.31 bits per heavy atom. The largest absolute Gasteiger partial charge is 0.479 e. The van der Waals surface area contributed by atoms with Crippen LogP contribution in [0.1, 0.15) is 11.6 Å². The van der Waals surface area contributed by atoms with E-state index < -0.39 is 23.6 Å². The number of aliphatic hydroxyl groups is 1. The van der Waals surface area contributed by atoms with Gasteiger partial charge in [-0.05, 0) is 24.3 Å². The van der Waals surface area contributed by atoms with Crippen molar-refractivity contribution in [3.8, 4) is 5.75 Å². The molecular formula is C17H20FN3O5. The van der Waals surface area contributed by atoms with Crippen LogP contribution in [-0.2, 0) is 9.47 Å². The minimum absolute atomic E-state index is 0.0516. The van der Waals surface area contributed by atoms with E-state index in [1.165, 1.54) is 44.6 Å². The van der Waals surface area contributed by atoms with Gasteiger partial charge in [-0.25, -0.2) is 9.49 Å². The van der Waals surface area contributed by atoms with E-state index in [9.17, 15) is 14.3 Å². The molecule has 0 saturated heterocycles. The van der Waals surface area contributed by atoms with Gasteiger partial charge in [0.1, 0.15) is 23.5 Å². The number of halogens is 1. The molecule has 0 radical (unpaired) electrons. The van der Waals surface area contributed by atoms with Crippen LogP contribution in [0.15, 0.2) is 35.1 Å². The summed E-state index contributed by atoms with van der Waals surface area (Å²) in [5, 5.41) is 20.2. The van der Waals surface area contributed by atoms with Gasteiger partial charge in [0.25, 0.3) is 5.56 Å². The molecule has 3 rings (SSSR count). The van der Waals surface area contributed by atoms with Crippen LogP contribution in [0.5, 0.6) is 5.75 Å². The van der Waals surface area contributed by atoms with E-state index in [-0.39, 0.29) is 18.8 Å². The number of aliphatic hydroxyl groups excluding tert-OH is 1. The first-order valence-electron chi connectivity index (χ1n) is 7.96. The molecule has 2 heterocycles. The molecule has 9 heteroatoms. The maximum absolute atomic E-state index is 13.8. The lowest BCUT2D eigenvalue weighted by atomic mass is 9.84. The summed E-state index contributed by atoms with van der Waals surface area (Å²) in [5.41, 5.74) is -1.13. The van der Waals surface area contributed by atoms with E-state index in [0.29, 0.717) is 17.1 Å². The van der Waals surface area contributed by atoms with Gasteiger partial charge in [-0.2, -0.15) is 5.10 Å². The van der Waals surface area contributed by atoms with Crippen molar-refractivity contribution in [3.63, 3.8) is 0 Å². The first-order valence-corrected chi connectivity index (χ1v) is 7.96. The minimum atomic E-state index is -1.20. The molecule has 2 aromatic rings. The summed E-state index contributed by atoms with van der Waals surface area (Å²) in [6.45, 7) is 0.103. The quantitative estimate of drug-likeness (QED) is 0.697. The molecule has 0 bridgehead atoms. The fourth-order valence-electron chi connectivity index (χ4n) is 3.11. The lowest BCUT2D eigenvalue weighted by molar-refractivity contribution is -0.142. The third-order valence-corrected chi connectivity index (χ3v) is 4.23. The number of nitrogens with zero attached hydrogens (tertiary/aromatic N) is 1. The Labute approximate surface area is 148 Å². The highest BCUT2D eigenvalue weighted by atomic mass is 19.1. The molecule has 1 aliphatic rings. The van der Waals surface area contributed by atoms with Gasteiger partial charge in [0, 0.05) is 25.8 Å². The zero-order valence-corrected chi connectivity index (χ0v) is 14.4. The summed E-state index contributed by atoms with van der Waals surface area (Å²) < 4.78 is 30.2. The number of H-pyrrole nitrogens is 1. The molecule has 1 aliphatic heterocycles.